The van der Waals surface area contributed by atoms with E-state index in [-0.39, 0.29) is 0 Å². The minimum atomic E-state index is 0.737. The van der Waals surface area contributed by atoms with E-state index in [1.165, 1.54) is 11.8 Å². The van der Waals surface area contributed by atoms with Crippen LogP contribution in [0.5, 0.6) is 0 Å². The molecule has 0 aliphatic carbocycles. The molecular formula is C10H9NS. The highest BCUT2D eigenvalue weighted by Gasteiger charge is 1.95. The van der Waals surface area contributed by atoms with E-state index in [2.05, 4.69) is 6.07 Å². The molecule has 0 aromatic heterocycles. The number of nitriles is 1. The fourth-order valence-electron chi connectivity index (χ4n) is 0.762. The molecule has 0 aliphatic heterocycles. The van der Waals surface area contributed by atoms with Crippen molar-refractivity contribution in [1.29, 1.82) is 5.26 Å². The lowest BCUT2D eigenvalue weighted by Gasteiger charge is -1.96. The van der Waals surface area contributed by atoms with Gasteiger partial charge in [0.25, 0.3) is 0 Å². The van der Waals surface area contributed by atoms with E-state index in [0.29, 0.717) is 0 Å². The Morgan fingerprint density at radius 2 is 2.08 bits per heavy atom. The van der Waals surface area contributed by atoms with Crippen LogP contribution in [0.1, 0.15) is 6.92 Å². The van der Waals surface area contributed by atoms with Crippen molar-refractivity contribution in [2.75, 3.05) is 0 Å². The van der Waals surface area contributed by atoms with Gasteiger partial charge in [0, 0.05) is 4.90 Å². The Labute approximate surface area is 76.7 Å². The minimum Gasteiger partial charge on any atom is -0.192 e. The van der Waals surface area contributed by atoms with Gasteiger partial charge in [0.05, 0.1) is 4.91 Å². The average molecular weight is 175 g/mol. The topological polar surface area (TPSA) is 23.8 Å². The Kier molecular flexibility index (Phi) is 3.43. The number of nitrogens with zero attached hydrogens (tertiary/aromatic N) is 1. The number of rotatable bonds is 2. The molecule has 1 rings (SSSR count). The van der Waals surface area contributed by atoms with Crippen LogP contribution in [-0.4, -0.2) is 0 Å². The van der Waals surface area contributed by atoms with Crippen LogP contribution in [0.4, 0.5) is 0 Å². The van der Waals surface area contributed by atoms with Gasteiger partial charge in [-0.25, -0.2) is 0 Å². The molecule has 0 spiro atoms. The van der Waals surface area contributed by atoms with E-state index >= 15 is 0 Å². The zero-order chi connectivity index (χ0) is 8.81. The summed E-state index contributed by atoms with van der Waals surface area (Å²) in [7, 11) is 0. The molecule has 0 fully saturated rings. The molecule has 1 nitrogen and oxygen atoms in total. The highest BCUT2D eigenvalue weighted by atomic mass is 32.2. The number of thioether (sulfide) groups is 1. The summed E-state index contributed by atoms with van der Waals surface area (Å²) in [6.07, 6.45) is 1.82. The first-order chi connectivity index (χ1) is 5.86. The first-order valence-electron chi connectivity index (χ1n) is 3.66. The molecule has 0 unspecified atom stereocenters. The van der Waals surface area contributed by atoms with Gasteiger partial charge in [0.1, 0.15) is 6.07 Å². The number of hydrogen-bond acceptors (Lipinski definition) is 2. The maximum Gasteiger partial charge on any atom is 0.106 e. The lowest BCUT2D eigenvalue weighted by atomic mass is 10.4. The Hall–Kier alpha value is -1.20. The van der Waals surface area contributed by atoms with Crippen LogP contribution >= 0.6 is 11.8 Å². The summed E-state index contributed by atoms with van der Waals surface area (Å²) in [6, 6.07) is 12.0. The minimum absolute atomic E-state index is 0.737. The van der Waals surface area contributed by atoms with E-state index in [1.54, 1.807) is 0 Å². The lowest BCUT2D eigenvalue weighted by molar-refractivity contribution is 1.46. The molecule has 1 aromatic rings. The lowest BCUT2D eigenvalue weighted by Crippen LogP contribution is -1.71. The molecule has 0 saturated carbocycles. The standard InChI is InChI=1S/C10H9NS/c1-2-9(8-11)12-10-6-4-3-5-7-10/h2-7H,1H3/b9-2+. The van der Waals surface area contributed by atoms with Gasteiger partial charge in [-0.05, 0) is 19.1 Å². The first-order valence-corrected chi connectivity index (χ1v) is 4.48. The van der Waals surface area contributed by atoms with Crippen molar-refractivity contribution in [1.82, 2.24) is 0 Å². The molecule has 0 atom stereocenters. The molecule has 60 valence electrons. The molecule has 0 saturated heterocycles. The normalized spacial score (nSPS) is 10.8. The molecule has 0 N–H and O–H groups in total. The van der Waals surface area contributed by atoms with Crippen LogP contribution in [0.15, 0.2) is 46.2 Å². The van der Waals surface area contributed by atoms with Crippen LogP contribution in [0, 0.1) is 11.3 Å². The first kappa shape index (κ1) is 8.89. The van der Waals surface area contributed by atoms with Gasteiger partial charge in [-0.2, -0.15) is 5.26 Å². The quantitative estimate of drug-likeness (QED) is 0.509. The largest absolute Gasteiger partial charge is 0.192 e. The van der Waals surface area contributed by atoms with Crippen molar-refractivity contribution < 1.29 is 0 Å². The Morgan fingerprint density at radius 3 is 2.58 bits per heavy atom. The van der Waals surface area contributed by atoms with Crippen LogP contribution in [0.2, 0.25) is 0 Å². The molecule has 0 heterocycles. The zero-order valence-electron chi connectivity index (χ0n) is 6.82. The second-order valence-corrected chi connectivity index (χ2v) is 3.30. The summed E-state index contributed by atoms with van der Waals surface area (Å²) in [5, 5.41) is 8.65. The maximum atomic E-state index is 8.65. The molecular weight excluding hydrogens is 166 g/mol. The van der Waals surface area contributed by atoms with E-state index < -0.39 is 0 Å². The molecule has 0 amide bonds. The number of allylic oxidation sites excluding steroid dienone is 2. The van der Waals surface area contributed by atoms with Gasteiger partial charge in [0.15, 0.2) is 0 Å². The van der Waals surface area contributed by atoms with Crippen molar-refractivity contribution in [3.05, 3.63) is 41.3 Å². The Morgan fingerprint density at radius 1 is 1.42 bits per heavy atom. The van der Waals surface area contributed by atoms with Crippen LogP contribution in [0.3, 0.4) is 0 Å². The highest BCUT2D eigenvalue weighted by molar-refractivity contribution is 8.03. The van der Waals surface area contributed by atoms with Gasteiger partial charge in [-0.3, -0.25) is 0 Å². The fourth-order valence-corrected chi connectivity index (χ4v) is 1.47. The number of hydrogen-bond donors (Lipinski definition) is 0. The van der Waals surface area contributed by atoms with Gasteiger partial charge >= 0.3 is 0 Å². The van der Waals surface area contributed by atoms with Gasteiger partial charge in [-0.1, -0.05) is 36.0 Å². The Bertz CT molecular complexity index is 308. The van der Waals surface area contributed by atoms with Crippen LogP contribution in [0.25, 0.3) is 0 Å². The summed E-state index contributed by atoms with van der Waals surface area (Å²) < 4.78 is 0. The van der Waals surface area contributed by atoms with E-state index in [0.717, 1.165) is 9.80 Å². The molecule has 12 heavy (non-hydrogen) atoms. The monoisotopic (exact) mass is 175 g/mol. The number of benzene rings is 1. The second-order valence-electron chi connectivity index (χ2n) is 2.18. The smallest absolute Gasteiger partial charge is 0.106 e. The molecule has 1 aromatic carbocycles. The summed E-state index contributed by atoms with van der Waals surface area (Å²) in [6.45, 7) is 1.87. The highest BCUT2D eigenvalue weighted by Crippen LogP contribution is 2.24. The third-order valence-electron chi connectivity index (χ3n) is 1.34. The Balaban J connectivity index is 2.72. The maximum absolute atomic E-state index is 8.65. The van der Waals surface area contributed by atoms with Crippen molar-refractivity contribution in [3.63, 3.8) is 0 Å². The van der Waals surface area contributed by atoms with E-state index in [4.69, 9.17) is 5.26 Å². The fraction of sp³-hybridized carbons (Fsp3) is 0.100. The van der Waals surface area contributed by atoms with Gasteiger partial charge in [0.2, 0.25) is 0 Å². The van der Waals surface area contributed by atoms with E-state index in [9.17, 15) is 0 Å². The molecule has 0 radical (unpaired) electrons. The van der Waals surface area contributed by atoms with Crippen molar-refractivity contribution in [2.24, 2.45) is 0 Å². The van der Waals surface area contributed by atoms with Gasteiger partial charge < -0.3 is 0 Å². The third-order valence-corrected chi connectivity index (χ3v) is 2.40. The second kappa shape index (κ2) is 4.63. The van der Waals surface area contributed by atoms with Crippen LogP contribution in [-0.2, 0) is 0 Å². The van der Waals surface area contributed by atoms with Crippen LogP contribution < -0.4 is 0 Å². The predicted molar refractivity (Wildman–Crippen MR) is 51.7 cm³/mol. The summed E-state index contributed by atoms with van der Waals surface area (Å²) in [5.74, 6) is 0. The van der Waals surface area contributed by atoms with Crippen molar-refractivity contribution in [3.8, 4) is 6.07 Å². The van der Waals surface area contributed by atoms with E-state index in [1.807, 2.05) is 43.3 Å². The molecule has 0 aliphatic rings. The SMILES string of the molecule is C/C=C(\C#N)Sc1ccccc1. The zero-order valence-corrected chi connectivity index (χ0v) is 7.64. The molecule has 2 heteroatoms. The summed E-state index contributed by atoms with van der Waals surface area (Å²) in [4.78, 5) is 1.84. The van der Waals surface area contributed by atoms with Crippen molar-refractivity contribution >= 4 is 11.8 Å². The van der Waals surface area contributed by atoms with Gasteiger partial charge in [-0.15, -0.1) is 0 Å². The average Bonchev–Trinajstić information content (AvgIpc) is 2.16. The summed E-state index contributed by atoms with van der Waals surface area (Å²) in [5.41, 5.74) is 0. The van der Waals surface area contributed by atoms with Crippen molar-refractivity contribution in [2.45, 2.75) is 11.8 Å². The summed E-state index contributed by atoms with van der Waals surface area (Å²) >= 11 is 1.49. The predicted octanol–water partition coefficient (Wildman–Crippen LogP) is 3.21. The molecule has 0 bridgehead atoms. The third kappa shape index (κ3) is 2.44.